The van der Waals surface area contributed by atoms with Gasteiger partial charge in [0.2, 0.25) is 0 Å². The quantitative estimate of drug-likeness (QED) is 0.495. The molecule has 0 saturated heterocycles. The molecule has 0 N–H and O–H groups in total. The summed E-state index contributed by atoms with van der Waals surface area (Å²) < 4.78 is 31.4. The molecule has 27 heavy (non-hydrogen) atoms. The summed E-state index contributed by atoms with van der Waals surface area (Å²) in [6.45, 7) is 12.0. The fourth-order valence-corrected chi connectivity index (χ4v) is 4.68. The number of rotatable bonds is 2. The zero-order valence-electron chi connectivity index (χ0n) is 17.0. The Labute approximate surface area is 161 Å². The first-order valence-corrected chi connectivity index (χ1v) is 9.52. The molecule has 3 aliphatic rings. The summed E-state index contributed by atoms with van der Waals surface area (Å²) in [7, 11) is 2.13. The van der Waals surface area contributed by atoms with E-state index in [4.69, 9.17) is 0 Å². The van der Waals surface area contributed by atoms with Gasteiger partial charge in [0.05, 0.1) is 0 Å². The minimum absolute atomic E-state index is 0.206. The predicted octanol–water partition coefficient (Wildman–Crippen LogP) is 5.49. The number of aryl methyl sites for hydroxylation is 1. The molecule has 4 rings (SSSR count). The van der Waals surface area contributed by atoms with Gasteiger partial charge in [-0.15, -0.1) is 0 Å². The fourth-order valence-electron chi connectivity index (χ4n) is 4.68. The lowest BCUT2D eigenvalue weighted by molar-refractivity contribution is 0.0721. The van der Waals surface area contributed by atoms with Gasteiger partial charge in [0, 0.05) is 23.4 Å². The van der Waals surface area contributed by atoms with E-state index in [-0.39, 0.29) is 16.6 Å². The maximum atomic E-state index is 14.6. The maximum Gasteiger partial charge on any atom is 0.396 e. The van der Waals surface area contributed by atoms with Gasteiger partial charge in [-0.3, -0.25) is 0 Å². The summed E-state index contributed by atoms with van der Waals surface area (Å²) in [5.74, 6) is -2.83. The third-order valence-corrected chi connectivity index (χ3v) is 7.14. The number of nitrogens with zero attached hydrogens (tertiary/aromatic N) is 2. The molecule has 1 aromatic rings. The number of allylic oxidation sites excluding steroid dienone is 5. The number of hydrogen-bond donors (Lipinski definition) is 0. The van der Waals surface area contributed by atoms with Crippen LogP contribution >= 0.6 is 0 Å². The van der Waals surface area contributed by atoms with Crippen LogP contribution in [-0.2, 0) is 0 Å². The van der Waals surface area contributed by atoms with Crippen LogP contribution in [0.1, 0.15) is 52.3 Å². The highest BCUT2D eigenvalue weighted by atomic mass is 19.3. The van der Waals surface area contributed by atoms with Crippen LogP contribution < -0.4 is 0 Å². The van der Waals surface area contributed by atoms with E-state index in [1.54, 1.807) is 13.8 Å². The molecular formula is C22H26BF2N2. The van der Waals surface area contributed by atoms with Crippen LogP contribution in [0.5, 0.6) is 0 Å². The normalized spacial score (nSPS) is 23.0. The smallest absolute Gasteiger partial charge is 0.395 e. The minimum atomic E-state index is -2.83. The molecule has 1 radical (unpaired) electrons. The van der Waals surface area contributed by atoms with Crippen molar-refractivity contribution < 1.29 is 8.78 Å². The van der Waals surface area contributed by atoms with Crippen molar-refractivity contribution in [2.75, 3.05) is 6.54 Å². The van der Waals surface area contributed by atoms with Crippen LogP contribution in [0.15, 0.2) is 51.9 Å². The molecule has 0 fully saturated rings. The molecule has 141 valence electrons. The first-order chi connectivity index (χ1) is 12.6. The van der Waals surface area contributed by atoms with Gasteiger partial charge in [0.15, 0.2) is 0 Å². The highest BCUT2D eigenvalue weighted by Crippen LogP contribution is 2.54. The molecular weight excluding hydrogens is 341 g/mol. The van der Waals surface area contributed by atoms with E-state index in [9.17, 15) is 8.78 Å². The molecule has 1 aliphatic carbocycles. The van der Waals surface area contributed by atoms with E-state index in [1.165, 1.54) is 22.5 Å². The molecule has 0 saturated carbocycles. The molecule has 0 unspecified atom stereocenters. The number of aromatic nitrogens is 1. The van der Waals surface area contributed by atoms with E-state index in [1.807, 2.05) is 13.8 Å². The van der Waals surface area contributed by atoms with E-state index in [0.717, 1.165) is 24.1 Å². The third-order valence-electron chi connectivity index (χ3n) is 7.14. The van der Waals surface area contributed by atoms with Crippen molar-refractivity contribution >= 4 is 13.6 Å². The van der Waals surface area contributed by atoms with E-state index < -0.39 is 5.92 Å². The largest absolute Gasteiger partial charge is 0.396 e. The fraction of sp³-hybridized carbons (Fsp3) is 0.455. The Hall–Kier alpha value is -2.04. The molecule has 2 aliphatic heterocycles. The van der Waals surface area contributed by atoms with Gasteiger partial charge in [-0.25, -0.2) is 0 Å². The summed E-state index contributed by atoms with van der Waals surface area (Å²) >= 11 is 0. The van der Waals surface area contributed by atoms with Crippen LogP contribution in [0.2, 0.25) is 0 Å². The Morgan fingerprint density at radius 1 is 1.04 bits per heavy atom. The second-order valence-electron chi connectivity index (χ2n) is 8.40. The molecule has 5 heteroatoms. The second-order valence-corrected chi connectivity index (χ2v) is 8.40. The van der Waals surface area contributed by atoms with E-state index in [2.05, 4.69) is 55.1 Å². The Morgan fingerprint density at radius 3 is 2.30 bits per heavy atom. The zero-order valence-corrected chi connectivity index (χ0v) is 17.0. The molecule has 0 amide bonds. The van der Waals surface area contributed by atoms with E-state index in [0.29, 0.717) is 0 Å². The maximum absolute atomic E-state index is 14.6. The minimum Gasteiger partial charge on any atom is -0.395 e. The average molecular weight is 367 g/mol. The van der Waals surface area contributed by atoms with Gasteiger partial charge in [-0.05, 0) is 81.7 Å². The van der Waals surface area contributed by atoms with Gasteiger partial charge in [0.25, 0.3) is 5.92 Å². The zero-order chi connectivity index (χ0) is 19.7. The standard InChI is InChI=1S/C22H26BF2N2/c1-13-7-9-26-19(13)11-20-18(8-10-27(20)23-26)12-21(6)14(2)16(4)22(24,25)17(5)15(21)3/h7-9,11H,10,12H2,1-6H3. The number of hydrogen-bond acceptors (Lipinski definition) is 1. The van der Waals surface area contributed by atoms with Crippen LogP contribution in [-0.4, -0.2) is 29.3 Å². The van der Waals surface area contributed by atoms with Crippen molar-refractivity contribution in [2.45, 2.75) is 53.9 Å². The SMILES string of the molecule is CC1=C(C)C(C)(CC2=CCN3[B]n4ccc(C)c4C=C23)C(C)=C(C)C1(F)F. The van der Waals surface area contributed by atoms with Crippen molar-refractivity contribution in [3.05, 3.63) is 63.2 Å². The monoisotopic (exact) mass is 367 g/mol. The van der Waals surface area contributed by atoms with Crippen LogP contribution in [0.3, 0.4) is 0 Å². The highest BCUT2D eigenvalue weighted by Gasteiger charge is 2.47. The lowest BCUT2D eigenvalue weighted by Gasteiger charge is -2.42. The summed E-state index contributed by atoms with van der Waals surface area (Å²) in [6, 6.07) is 2.12. The van der Waals surface area contributed by atoms with Gasteiger partial charge in [-0.1, -0.05) is 24.1 Å². The third kappa shape index (κ3) is 2.43. The summed E-state index contributed by atoms with van der Waals surface area (Å²) in [5.41, 5.74) is 6.50. The summed E-state index contributed by atoms with van der Waals surface area (Å²) in [5, 5.41) is 0. The second kappa shape index (κ2) is 5.73. The Balaban J connectivity index is 1.74. The topological polar surface area (TPSA) is 8.17 Å². The lowest BCUT2D eigenvalue weighted by Crippen LogP contribution is -2.36. The van der Waals surface area contributed by atoms with Crippen molar-refractivity contribution in [3.8, 4) is 0 Å². The van der Waals surface area contributed by atoms with Crippen LogP contribution in [0.4, 0.5) is 8.78 Å². The van der Waals surface area contributed by atoms with Gasteiger partial charge < -0.3 is 9.29 Å². The number of alkyl halides is 2. The molecule has 0 aromatic carbocycles. The Kier molecular flexibility index (Phi) is 3.89. The molecule has 3 heterocycles. The van der Waals surface area contributed by atoms with Gasteiger partial charge in [0.1, 0.15) is 0 Å². The molecule has 2 nitrogen and oxygen atoms in total. The Bertz CT molecular complexity index is 931. The molecule has 1 aromatic heterocycles. The molecule has 0 spiro atoms. The molecule has 0 atom stereocenters. The number of halogens is 2. The lowest BCUT2D eigenvalue weighted by atomic mass is 9.64. The summed E-state index contributed by atoms with van der Waals surface area (Å²) in [6.07, 6.45) is 7.29. The predicted molar refractivity (Wildman–Crippen MR) is 108 cm³/mol. The van der Waals surface area contributed by atoms with Gasteiger partial charge >= 0.3 is 7.55 Å². The highest BCUT2D eigenvalue weighted by molar-refractivity contribution is 6.33. The average Bonchev–Trinajstić information content (AvgIpc) is 3.19. The first-order valence-electron chi connectivity index (χ1n) is 9.52. The van der Waals surface area contributed by atoms with Crippen LogP contribution in [0, 0.1) is 12.3 Å². The van der Waals surface area contributed by atoms with Crippen molar-refractivity contribution in [2.24, 2.45) is 5.41 Å². The van der Waals surface area contributed by atoms with Gasteiger partial charge in [-0.2, -0.15) is 8.78 Å². The van der Waals surface area contributed by atoms with Crippen molar-refractivity contribution in [1.29, 1.82) is 0 Å². The first kappa shape index (κ1) is 18.3. The molecule has 0 bridgehead atoms. The Morgan fingerprint density at radius 2 is 1.67 bits per heavy atom. The van der Waals surface area contributed by atoms with E-state index >= 15 is 0 Å². The number of fused-ring (bicyclic) bond motifs is 2. The summed E-state index contributed by atoms with van der Waals surface area (Å²) in [4.78, 5) is 2.24. The van der Waals surface area contributed by atoms with Crippen molar-refractivity contribution in [3.63, 3.8) is 0 Å². The van der Waals surface area contributed by atoms with Crippen LogP contribution in [0.25, 0.3) is 6.08 Å². The van der Waals surface area contributed by atoms with Crippen molar-refractivity contribution in [1.82, 2.24) is 9.29 Å².